The van der Waals surface area contributed by atoms with Crippen molar-refractivity contribution in [1.29, 1.82) is 0 Å². The highest BCUT2D eigenvalue weighted by Crippen LogP contribution is 2.24. The van der Waals surface area contributed by atoms with Crippen molar-refractivity contribution >= 4 is 23.5 Å². The van der Waals surface area contributed by atoms with Gasteiger partial charge >= 0.3 is 6.03 Å². The molecule has 4 nitrogen and oxygen atoms in total. The summed E-state index contributed by atoms with van der Waals surface area (Å²) < 4.78 is 0. The van der Waals surface area contributed by atoms with Gasteiger partial charge in [0.1, 0.15) is 0 Å². The molecule has 2 aliphatic heterocycles. The predicted molar refractivity (Wildman–Crippen MR) is 98.2 cm³/mol. The van der Waals surface area contributed by atoms with Crippen LogP contribution in [0.25, 0.3) is 0 Å². The molecule has 5 heteroatoms. The summed E-state index contributed by atoms with van der Waals surface area (Å²) in [6.45, 7) is 2.85. The zero-order valence-corrected chi connectivity index (χ0v) is 14.5. The Labute approximate surface area is 143 Å². The lowest BCUT2D eigenvalue weighted by Crippen LogP contribution is -2.43. The van der Waals surface area contributed by atoms with Crippen LogP contribution in [-0.2, 0) is 6.54 Å². The number of amides is 2. The van der Waals surface area contributed by atoms with Crippen LogP contribution in [0, 0.1) is 0 Å². The quantitative estimate of drug-likeness (QED) is 0.888. The molecule has 2 fully saturated rings. The van der Waals surface area contributed by atoms with E-state index in [4.69, 9.17) is 0 Å². The topological polar surface area (TPSA) is 44.4 Å². The molecule has 23 heavy (non-hydrogen) atoms. The summed E-state index contributed by atoms with van der Waals surface area (Å²) >= 11 is 1.98. The average molecular weight is 334 g/mol. The molecule has 0 aliphatic carbocycles. The molecule has 2 aliphatic rings. The van der Waals surface area contributed by atoms with Crippen LogP contribution in [0.4, 0.5) is 10.5 Å². The van der Waals surface area contributed by atoms with E-state index in [1.54, 1.807) is 0 Å². The number of hydrogen-bond donors (Lipinski definition) is 2. The van der Waals surface area contributed by atoms with Crippen LogP contribution in [0.5, 0.6) is 0 Å². The lowest BCUT2D eigenvalue weighted by Gasteiger charge is -2.30. The molecule has 0 spiro atoms. The first kappa shape index (κ1) is 16.5. The van der Waals surface area contributed by atoms with Crippen molar-refractivity contribution in [2.24, 2.45) is 0 Å². The standard InChI is InChI=1S/C18H27N3OS/c22-18(20-16-8-12-23-13-9-16)19-14-15-6-2-3-7-17(15)21-10-4-1-5-11-21/h2-3,6-7,16H,1,4-5,8-14H2,(H2,19,20,22). The normalized spacial score (nSPS) is 19.4. The van der Waals surface area contributed by atoms with Crippen molar-refractivity contribution in [2.75, 3.05) is 29.5 Å². The number of rotatable bonds is 4. The molecule has 0 radical (unpaired) electrons. The third-order valence-corrected chi connectivity index (χ3v) is 5.73. The summed E-state index contributed by atoms with van der Waals surface area (Å²) in [7, 11) is 0. The van der Waals surface area contributed by atoms with Crippen LogP contribution in [0.15, 0.2) is 24.3 Å². The molecule has 1 aromatic rings. The number of nitrogens with one attached hydrogen (secondary N) is 2. The van der Waals surface area contributed by atoms with Gasteiger partial charge in [0.15, 0.2) is 0 Å². The molecule has 1 aromatic carbocycles. The number of para-hydroxylation sites is 1. The largest absolute Gasteiger partial charge is 0.371 e. The Hall–Kier alpha value is -1.36. The van der Waals surface area contributed by atoms with Crippen molar-refractivity contribution in [2.45, 2.75) is 44.7 Å². The SMILES string of the molecule is O=C(NCc1ccccc1N1CCCCC1)NC1CCSCC1. The summed E-state index contributed by atoms with van der Waals surface area (Å²) in [5.41, 5.74) is 2.49. The van der Waals surface area contributed by atoms with Crippen LogP contribution in [0.1, 0.15) is 37.7 Å². The van der Waals surface area contributed by atoms with E-state index in [0.29, 0.717) is 12.6 Å². The van der Waals surface area contributed by atoms with E-state index < -0.39 is 0 Å². The maximum absolute atomic E-state index is 12.1. The predicted octanol–water partition coefficient (Wildman–Crippen LogP) is 3.37. The number of carbonyl (C=O) groups excluding carboxylic acids is 1. The minimum absolute atomic E-state index is 0.0321. The Bertz CT molecular complexity index is 511. The molecule has 2 saturated heterocycles. The first-order valence-corrected chi connectivity index (χ1v) is 9.93. The van der Waals surface area contributed by atoms with Crippen LogP contribution in [-0.4, -0.2) is 36.7 Å². The van der Waals surface area contributed by atoms with E-state index in [9.17, 15) is 4.79 Å². The molecule has 3 rings (SSSR count). The molecule has 0 bridgehead atoms. The molecule has 0 saturated carbocycles. The van der Waals surface area contributed by atoms with Crippen LogP contribution < -0.4 is 15.5 Å². The third-order valence-electron chi connectivity index (χ3n) is 4.68. The Balaban J connectivity index is 1.54. The lowest BCUT2D eigenvalue weighted by molar-refractivity contribution is 0.235. The van der Waals surface area contributed by atoms with Crippen molar-refractivity contribution in [3.8, 4) is 0 Å². The van der Waals surface area contributed by atoms with E-state index >= 15 is 0 Å². The van der Waals surface area contributed by atoms with Gasteiger partial charge in [0, 0.05) is 31.4 Å². The second-order valence-corrected chi connectivity index (χ2v) is 7.61. The van der Waals surface area contributed by atoms with Gasteiger partial charge in [0.25, 0.3) is 0 Å². The van der Waals surface area contributed by atoms with Gasteiger partial charge in [-0.3, -0.25) is 0 Å². The van der Waals surface area contributed by atoms with E-state index in [-0.39, 0.29) is 6.03 Å². The number of piperidine rings is 1. The van der Waals surface area contributed by atoms with E-state index in [0.717, 1.165) is 37.4 Å². The number of urea groups is 1. The van der Waals surface area contributed by atoms with Crippen LogP contribution in [0.2, 0.25) is 0 Å². The van der Waals surface area contributed by atoms with Gasteiger partial charge in [0.05, 0.1) is 0 Å². The van der Waals surface area contributed by atoms with Gasteiger partial charge in [0.2, 0.25) is 0 Å². The van der Waals surface area contributed by atoms with Gasteiger partial charge in [-0.05, 0) is 55.2 Å². The van der Waals surface area contributed by atoms with Crippen LogP contribution >= 0.6 is 11.8 Å². The maximum atomic E-state index is 12.1. The zero-order valence-electron chi connectivity index (χ0n) is 13.7. The minimum atomic E-state index is -0.0321. The summed E-state index contributed by atoms with van der Waals surface area (Å²) in [6, 6.07) is 8.76. The van der Waals surface area contributed by atoms with E-state index in [1.807, 2.05) is 11.8 Å². The average Bonchev–Trinajstić information content (AvgIpc) is 2.62. The number of thioether (sulfide) groups is 1. The molecule has 0 unspecified atom stereocenters. The summed E-state index contributed by atoms with van der Waals surface area (Å²) in [4.78, 5) is 14.6. The molecule has 2 heterocycles. The number of hydrogen-bond acceptors (Lipinski definition) is 3. The molecule has 0 atom stereocenters. The Morgan fingerprint density at radius 1 is 1.13 bits per heavy atom. The molecule has 0 aromatic heterocycles. The molecular weight excluding hydrogens is 306 g/mol. The van der Waals surface area contributed by atoms with Crippen molar-refractivity contribution in [1.82, 2.24) is 10.6 Å². The minimum Gasteiger partial charge on any atom is -0.371 e. The first-order valence-electron chi connectivity index (χ1n) is 8.78. The van der Waals surface area contributed by atoms with E-state index in [1.165, 1.54) is 30.5 Å². The Morgan fingerprint density at radius 3 is 2.65 bits per heavy atom. The Kier molecular flexibility index (Phi) is 6.08. The molecular formula is C18H27N3OS. The summed E-state index contributed by atoms with van der Waals surface area (Å²) in [5, 5.41) is 6.15. The first-order chi connectivity index (χ1) is 11.3. The summed E-state index contributed by atoms with van der Waals surface area (Å²) in [6.07, 6.45) is 6.04. The smallest absolute Gasteiger partial charge is 0.315 e. The third kappa shape index (κ3) is 4.80. The van der Waals surface area contributed by atoms with Crippen LogP contribution in [0.3, 0.4) is 0 Å². The van der Waals surface area contributed by atoms with Gasteiger partial charge in [-0.2, -0.15) is 11.8 Å². The fourth-order valence-electron chi connectivity index (χ4n) is 3.36. The number of nitrogens with zero attached hydrogens (tertiary/aromatic N) is 1. The van der Waals surface area contributed by atoms with Gasteiger partial charge in [-0.15, -0.1) is 0 Å². The monoisotopic (exact) mass is 333 g/mol. The van der Waals surface area contributed by atoms with Crippen molar-refractivity contribution < 1.29 is 4.79 Å². The fourth-order valence-corrected chi connectivity index (χ4v) is 4.46. The molecule has 2 amide bonds. The molecule has 2 N–H and O–H groups in total. The maximum Gasteiger partial charge on any atom is 0.315 e. The second-order valence-electron chi connectivity index (χ2n) is 6.39. The number of anilines is 1. The fraction of sp³-hybridized carbons (Fsp3) is 0.611. The van der Waals surface area contributed by atoms with Gasteiger partial charge in [-0.25, -0.2) is 4.79 Å². The number of benzene rings is 1. The second kappa shape index (κ2) is 8.48. The summed E-state index contributed by atoms with van der Waals surface area (Å²) in [5.74, 6) is 2.31. The highest BCUT2D eigenvalue weighted by molar-refractivity contribution is 7.99. The van der Waals surface area contributed by atoms with Gasteiger partial charge in [-0.1, -0.05) is 18.2 Å². The Morgan fingerprint density at radius 2 is 1.87 bits per heavy atom. The highest BCUT2D eigenvalue weighted by Gasteiger charge is 2.17. The number of carbonyl (C=O) groups is 1. The van der Waals surface area contributed by atoms with Crippen molar-refractivity contribution in [3.05, 3.63) is 29.8 Å². The van der Waals surface area contributed by atoms with Crippen molar-refractivity contribution in [3.63, 3.8) is 0 Å². The molecule has 126 valence electrons. The lowest BCUT2D eigenvalue weighted by atomic mass is 10.1. The zero-order chi connectivity index (χ0) is 15.9. The van der Waals surface area contributed by atoms with E-state index in [2.05, 4.69) is 39.8 Å². The highest BCUT2D eigenvalue weighted by atomic mass is 32.2. The van der Waals surface area contributed by atoms with Gasteiger partial charge < -0.3 is 15.5 Å².